The summed E-state index contributed by atoms with van der Waals surface area (Å²) in [5.74, 6) is 0. The Morgan fingerprint density at radius 3 is 2.26 bits per heavy atom. The van der Waals surface area contributed by atoms with Crippen molar-refractivity contribution in [2.45, 2.75) is 15.3 Å². The van der Waals surface area contributed by atoms with E-state index >= 15 is 0 Å². The molecule has 19 heavy (non-hydrogen) atoms. The number of sulfonamides is 1. The van der Waals surface area contributed by atoms with Crippen LogP contribution in [0.4, 0.5) is 13.2 Å². The first-order valence-electron chi connectivity index (χ1n) is 4.86. The lowest BCUT2D eigenvalue weighted by Crippen LogP contribution is -2.27. The average molecular weight is 310 g/mol. The van der Waals surface area contributed by atoms with Crippen LogP contribution >= 0.6 is 11.8 Å². The number of halogens is 3. The van der Waals surface area contributed by atoms with E-state index in [1.165, 1.54) is 7.05 Å². The number of alkyl halides is 3. The maximum absolute atomic E-state index is 12.1. The summed E-state index contributed by atoms with van der Waals surface area (Å²) < 4.78 is 60.9. The van der Waals surface area contributed by atoms with Gasteiger partial charge in [-0.3, -0.25) is 0 Å². The van der Waals surface area contributed by atoms with Crippen LogP contribution in [0.5, 0.6) is 0 Å². The molecule has 0 atom stereocenters. The summed E-state index contributed by atoms with van der Waals surface area (Å²) in [7, 11) is -2.62. The normalized spacial score (nSPS) is 12.4. The first kappa shape index (κ1) is 15.8. The van der Waals surface area contributed by atoms with E-state index in [2.05, 4.69) is 0 Å². The Labute approximate surface area is 112 Å². The van der Waals surface area contributed by atoms with Gasteiger partial charge in [0.05, 0.1) is 11.0 Å². The molecule has 9 heteroatoms. The molecule has 0 radical (unpaired) electrons. The van der Waals surface area contributed by atoms with Crippen LogP contribution in [0.25, 0.3) is 0 Å². The Morgan fingerprint density at radius 1 is 1.32 bits per heavy atom. The second-order valence-electron chi connectivity index (χ2n) is 3.44. The van der Waals surface area contributed by atoms with Crippen molar-refractivity contribution in [3.63, 3.8) is 0 Å². The van der Waals surface area contributed by atoms with Gasteiger partial charge in [0.1, 0.15) is 6.54 Å². The van der Waals surface area contributed by atoms with Crippen molar-refractivity contribution >= 4 is 21.8 Å². The lowest BCUT2D eigenvalue weighted by atomic mass is 10.4. The van der Waals surface area contributed by atoms with Gasteiger partial charge in [0.2, 0.25) is 10.0 Å². The van der Waals surface area contributed by atoms with Crippen molar-refractivity contribution < 1.29 is 21.6 Å². The maximum Gasteiger partial charge on any atom is 0.446 e. The molecular weight excluding hydrogens is 301 g/mol. The van der Waals surface area contributed by atoms with Crippen LogP contribution in [0.2, 0.25) is 0 Å². The van der Waals surface area contributed by atoms with Gasteiger partial charge in [-0.15, -0.1) is 0 Å². The molecule has 0 N–H and O–H groups in total. The van der Waals surface area contributed by atoms with E-state index in [0.717, 1.165) is 28.6 Å². The zero-order valence-corrected chi connectivity index (χ0v) is 11.3. The highest BCUT2D eigenvalue weighted by atomic mass is 32.2. The van der Waals surface area contributed by atoms with Crippen LogP contribution < -0.4 is 0 Å². The van der Waals surface area contributed by atoms with Gasteiger partial charge in [-0.25, -0.2) is 8.42 Å². The minimum absolute atomic E-state index is 0.102. The fourth-order valence-corrected chi connectivity index (χ4v) is 2.78. The highest BCUT2D eigenvalue weighted by molar-refractivity contribution is 8.00. The molecule has 0 saturated heterocycles. The number of hydrogen-bond acceptors (Lipinski definition) is 4. The van der Waals surface area contributed by atoms with E-state index in [1.807, 2.05) is 0 Å². The van der Waals surface area contributed by atoms with Crippen molar-refractivity contribution in [1.29, 1.82) is 5.26 Å². The van der Waals surface area contributed by atoms with E-state index in [4.69, 9.17) is 5.26 Å². The number of nitrogens with zero attached hydrogens (tertiary/aromatic N) is 2. The highest BCUT2D eigenvalue weighted by Crippen LogP contribution is 2.37. The predicted octanol–water partition coefficient (Wildman–Crippen LogP) is 2.44. The van der Waals surface area contributed by atoms with Crippen molar-refractivity contribution in [3.8, 4) is 6.07 Å². The molecule has 0 unspecified atom stereocenters. The minimum Gasteiger partial charge on any atom is -0.207 e. The van der Waals surface area contributed by atoms with Crippen LogP contribution in [0.15, 0.2) is 34.1 Å². The first-order chi connectivity index (χ1) is 8.66. The van der Waals surface area contributed by atoms with Crippen LogP contribution in [0, 0.1) is 11.3 Å². The predicted molar refractivity (Wildman–Crippen MR) is 63.8 cm³/mol. The zero-order valence-electron chi connectivity index (χ0n) is 9.68. The Hall–Kier alpha value is -1.24. The monoisotopic (exact) mass is 310 g/mol. The van der Waals surface area contributed by atoms with Gasteiger partial charge >= 0.3 is 5.51 Å². The van der Waals surface area contributed by atoms with Gasteiger partial charge in [0, 0.05) is 11.9 Å². The molecule has 1 aromatic carbocycles. The molecule has 0 fully saturated rings. The summed E-state index contributed by atoms with van der Waals surface area (Å²) in [4.78, 5) is -0.258. The average Bonchev–Trinajstić information content (AvgIpc) is 2.27. The number of hydrogen-bond donors (Lipinski definition) is 0. The molecule has 0 amide bonds. The van der Waals surface area contributed by atoms with Gasteiger partial charge in [-0.05, 0) is 36.0 Å². The number of benzene rings is 1. The quantitative estimate of drug-likeness (QED) is 0.633. The molecule has 0 aliphatic heterocycles. The number of thioether (sulfide) groups is 1. The molecule has 0 bridgehead atoms. The number of nitriles is 1. The Balaban J connectivity index is 2.97. The van der Waals surface area contributed by atoms with Crippen molar-refractivity contribution in [1.82, 2.24) is 4.31 Å². The van der Waals surface area contributed by atoms with E-state index in [1.54, 1.807) is 6.07 Å². The first-order valence-corrected chi connectivity index (χ1v) is 7.11. The third-order valence-corrected chi connectivity index (χ3v) is 4.62. The second-order valence-corrected chi connectivity index (χ2v) is 6.62. The summed E-state index contributed by atoms with van der Waals surface area (Å²) in [5, 5.41) is 8.43. The molecule has 104 valence electrons. The molecule has 0 heterocycles. The smallest absolute Gasteiger partial charge is 0.207 e. The van der Waals surface area contributed by atoms with Crippen molar-refractivity contribution in [2.24, 2.45) is 0 Å². The molecule has 0 spiro atoms. The third-order valence-electron chi connectivity index (χ3n) is 2.06. The minimum atomic E-state index is -4.42. The molecule has 0 saturated carbocycles. The van der Waals surface area contributed by atoms with Gasteiger partial charge in [-0.2, -0.15) is 22.7 Å². The third kappa shape index (κ3) is 4.41. The van der Waals surface area contributed by atoms with E-state index in [-0.39, 0.29) is 28.1 Å². The van der Waals surface area contributed by atoms with E-state index < -0.39 is 15.5 Å². The summed E-state index contributed by atoms with van der Waals surface area (Å²) in [6, 6.07) is 5.99. The van der Waals surface area contributed by atoms with Crippen molar-refractivity contribution in [2.75, 3.05) is 13.6 Å². The topological polar surface area (TPSA) is 61.2 Å². The molecule has 0 aromatic heterocycles. The van der Waals surface area contributed by atoms with Crippen LogP contribution in [0.1, 0.15) is 0 Å². The van der Waals surface area contributed by atoms with Crippen molar-refractivity contribution in [3.05, 3.63) is 24.3 Å². The lowest BCUT2D eigenvalue weighted by Gasteiger charge is -2.13. The molecule has 1 aromatic rings. The zero-order chi connectivity index (χ0) is 14.7. The molecule has 0 aliphatic carbocycles. The number of rotatable bonds is 4. The maximum atomic E-state index is 12.1. The van der Waals surface area contributed by atoms with Crippen LogP contribution in [0.3, 0.4) is 0 Å². The molecule has 4 nitrogen and oxygen atoms in total. The van der Waals surface area contributed by atoms with E-state index in [9.17, 15) is 21.6 Å². The Bertz CT molecular complexity index is 576. The highest BCUT2D eigenvalue weighted by Gasteiger charge is 2.29. The standard InChI is InChI=1S/C10H9F3N2O2S2/c1-15(7-6-14)19(16,17)9-4-2-8(3-5-9)18-10(11,12)13/h2-5H,7H2,1H3. The van der Waals surface area contributed by atoms with E-state index in [0.29, 0.717) is 0 Å². The lowest BCUT2D eigenvalue weighted by molar-refractivity contribution is -0.0328. The van der Waals surface area contributed by atoms with Gasteiger partial charge in [0.25, 0.3) is 0 Å². The Morgan fingerprint density at radius 2 is 1.84 bits per heavy atom. The van der Waals surface area contributed by atoms with Crippen LogP contribution in [-0.4, -0.2) is 31.8 Å². The largest absolute Gasteiger partial charge is 0.446 e. The molecule has 0 aliphatic rings. The summed E-state index contributed by atoms with van der Waals surface area (Å²) in [6.07, 6.45) is 0. The summed E-state index contributed by atoms with van der Waals surface area (Å²) in [5.41, 5.74) is -4.42. The molecular formula is C10H9F3N2O2S2. The second kappa shape index (κ2) is 5.81. The Kier molecular flexibility index (Phi) is 4.84. The molecule has 1 rings (SSSR count). The van der Waals surface area contributed by atoms with Gasteiger partial charge < -0.3 is 0 Å². The summed E-state index contributed by atoms with van der Waals surface area (Å²) >= 11 is -0.322. The summed E-state index contributed by atoms with van der Waals surface area (Å²) in [6.45, 7) is -0.332. The SMILES string of the molecule is CN(CC#N)S(=O)(=O)c1ccc(SC(F)(F)F)cc1. The van der Waals surface area contributed by atoms with Crippen LogP contribution in [-0.2, 0) is 10.0 Å². The fraction of sp³-hybridized carbons (Fsp3) is 0.300. The van der Waals surface area contributed by atoms with Gasteiger partial charge in [0.15, 0.2) is 0 Å². The van der Waals surface area contributed by atoms with Gasteiger partial charge in [-0.1, -0.05) is 0 Å². The fourth-order valence-electron chi connectivity index (χ4n) is 1.18.